The van der Waals surface area contributed by atoms with E-state index in [4.69, 9.17) is 14.2 Å². The number of nitrogens with zero attached hydrogens (tertiary/aromatic N) is 5. The average molecular weight is 655 g/mol. The van der Waals surface area contributed by atoms with Crippen LogP contribution in [0.5, 0.6) is 0 Å². The molecule has 1 amide bonds. The molecule has 18 heteroatoms. The first-order chi connectivity index (χ1) is 21.3. The molecule has 14 nitrogen and oxygen atoms in total. The van der Waals surface area contributed by atoms with Crippen molar-refractivity contribution in [1.29, 1.82) is 0 Å². The van der Waals surface area contributed by atoms with Gasteiger partial charge >= 0.3 is 12.3 Å². The Balaban J connectivity index is 1.28. The molecule has 2 aromatic carbocycles. The number of benzene rings is 2. The number of aromatic nitrogens is 4. The fourth-order valence-corrected chi connectivity index (χ4v) is 5.59. The molecule has 1 unspecified atom stereocenters. The summed E-state index contributed by atoms with van der Waals surface area (Å²) in [6.45, 7) is 5.30. The minimum absolute atomic E-state index is 0.109. The fraction of sp³-hybridized carbons (Fsp3) is 0.370. The first-order valence-corrected chi connectivity index (χ1v) is 15.2. The summed E-state index contributed by atoms with van der Waals surface area (Å²) >= 11 is 0. The maximum absolute atomic E-state index is 13.5. The molecule has 1 N–H and O–H groups in total. The molecule has 1 saturated heterocycles. The Hall–Kier alpha value is -4.87. The molecule has 2 aromatic heterocycles. The van der Waals surface area contributed by atoms with Crippen molar-refractivity contribution in [3.05, 3.63) is 65.9 Å². The highest BCUT2D eigenvalue weighted by Crippen LogP contribution is 2.33. The second-order valence-electron chi connectivity index (χ2n) is 10.0. The molecule has 3 heterocycles. The fourth-order valence-electron chi connectivity index (χ4n) is 4.58. The van der Waals surface area contributed by atoms with Crippen LogP contribution in [0.3, 0.4) is 0 Å². The van der Waals surface area contributed by atoms with Crippen LogP contribution in [-0.4, -0.2) is 65.7 Å². The summed E-state index contributed by atoms with van der Waals surface area (Å²) in [5.74, 6) is -0.841. The lowest BCUT2D eigenvalue weighted by molar-refractivity contribution is -0.141. The van der Waals surface area contributed by atoms with Gasteiger partial charge in [-0.15, -0.1) is 0 Å². The number of ether oxygens (including phenoxy) is 2. The van der Waals surface area contributed by atoms with Gasteiger partial charge in [0.05, 0.1) is 27.8 Å². The second kappa shape index (κ2) is 12.3. The van der Waals surface area contributed by atoms with Crippen molar-refractivity contribution in [2.45, 2.75) is 57.0 Å². The Morgan fingerprint density at radius 3 is 2.47 bits per heavy atom. The van der Waals surface area contributed by atoms with Crippen LogP contribution in [-0.2, 0) is 30.5 Å². The van der Waals surface area contributed by atoms with Crippen LogP contribution in [0.4, 0.5) is 18.0 Å². The molecule has 0 spiro atoms. The van der Waals surface area contributed by atoms with Crippen LogP contribution in [0, 0.1) is 6.92 Å². The third-order valence-electron chi connectivity index (χ3n) is 6.74. The van der Waals surface area contributed by atoms with Gasteiger partial charge in [0, 0.05) is 19.0 Å². The lowest BCUT2D eigenvalue weighted by Crippen LogP contribution is -2.49. The van der Waals surface area contributed by atoms with Crippen LogP contribution in [0.15, 0.2) is 64.1 Å². The van der Waals surface area contributed by atoms with Gasteiger partial charge in [-0.1, -0.05) is 29.8 Å². The SMILES string of the molecule is CCOC(=O)OC(C)On1on1N1CCC[C@H]1C(=O)NS(=O)(=O)c1ccc(-n2nc(C(F)(F)F)cc2-c2ccc(C)cc2)cc1. The Morgan fingerprint density at radius 1 is 1.13 bits per heavy atom. The molecule has 45 heavy (non-hydrogen) atoms. The van der Waals surface area contributed by atoms with E-state index in [0.717, 1.165) is 26.3 Å². The molecular formula is C27H29F3N6O8S. The van der Waals surface area contributed by atoms with Crippen LogP contribution < -0.4 is 14.6 Å². The average Bonchev–Trinajstić information content (AvgIpc) is 3.34. The van der Waals surface area contributed by atoms with E-state index in [1.54, 1.807) is 31.2 Å². The van der Waals surface area contributed by atoms with Gasteiger partial charge in [0.2, 0.25) is 0 Å². The lowest BCUT2D eigenvalue weighted by Gasteiger charge is -2.19. The van der Waals surface area contributed by atoms with Crippen LogP contribution in [0.2, 0.25) is 0 Å². The zero-order valence-corrected chi connectivity index (χ0v) is 25.0. The number of hydrogen-bond acceptors (Lipinski definition) is 10. The third kappa shape index (κ3) is 7.11. The smallest absolute Gasteiger partial charge is 0.435 e. The molecular weight excluding hydrogens is 625 g/mol. The van der Waals surface area contributed by atoms with E-state index in [0.29, 0.717) is 24.9 Å². The van der Waals surface area contributed by atoms with Crippen molar-refractivity contribution < 1.29 is 50.1 Å². The van der Waals surface area contributed by atoms with E-state index in [-0.39, 0.29) is 22.9 Å². The summed E-state index contributed by atoms with van der Waals surface area (Å²) in [6, 6.07) is 11.7. The zero-order valence-electron chi connectivity index (χ0n) is 24.2. The van der Waals surface area contributed by atoms with Gasteiger partial charge in [-0.05, 0) is 57.0 Å². The summed E-state index contributed by atoms with van der Waals surface area (Å²) in [5, 5.41) is 6.00. The van der Waals surface area contributed by atoms with Crippen molar-refractivity contribution in [2.24, 2.45) is 0 Å². The quantitative estimate of drug-likeness (QED) is 0.198. The number of carbonyl (C=O) groups excluding carboxylic acids is 2. The van der Waals surface area contributed by atoms with Crippen molar-refractivity contribution in [3.63, 3.8) is 0 Å². The standard InChI is InChI=1S/C27H29F3N6O8S/c1-4-41-26(38)42-18(3)43-36-35(44-36)33-15-5-6-22(33)25(37)32-45(39,40)21-13-11-20(12-14-21)34-23(16-24(31-34)27(28,29)30)19-9-7-17(2)8-10-19/h7-14,16,18,22H,4-6,15H2,1-3H3,(H,32,37)/t18?,22-,35?,36?/m0/s1. The molecule has 0 aliphatic carbocycles. The first kappa shape index (κ1) is 31.6. The predicted molar refractivity (Wildman–Crippen MR) is 149 cm³/mol. The molecule has 5 rings (SSSR count). The maximum atomic E-state index is 13.5. The van der Waals surface area contributed by atoms with E-state index in [9.17, 15) is 31.2 Å². The highest BCUT2D eigenvalue weighted by molar-refractivity contribution is 7.90. The molecule has 0 bridgehead atoms. The predicted octanol–water partition coefficient (Wildman–Crippen LogP) is 3.62. The van der Waals surface area contributed by atoms with Gasteiger partial charge in [-0.2, -0.15) is 22.9 Å². The third-order valence-corrected chi connectivity index (χ3v) is 8.10. The van der Waals surface area contributed by atoms with Crippen LogP contribution in [0.1, 0.15) is 37.9 Å². The molecule has 4 aromatic rings. The molecule has 1 aliphatic heterocycles. The Kier molecular flexibility index (Phi) is 8.59. The van der Waals surface area contributed by atoms with Crippen molar-refractivity contribution in [3.8, 4) is 16.9 Å². The number of sulfonamides is 1. The molecule has 0 radical (unpaired) electrons. The summed E-state index contributed by atoms with van der Waals surface area (Å²) in [6.07, 6.45) is -5.92. The Labute approximate surface area is 254 Å². The molecule has 242 valence electrons. The van der Waals surface area contributed by atoms with E-state index < -0.39 is 46.3 Å². The Bertz CT molecular complexity index is 1760. The highest BCUT2D eigenvalue weighted by Gasteiger charge is 2.39. The number of halogens is 3. The minimum Gasteiger partial charge on any atom is -0.435 e. The number of carbonyl (C=O) groups is 2. The highest BCUT2D eigenvalue weighted by atomic mass is 32.2. The summed E-state index contributed by atoms with van der Waals surface area (Å²) in [7, 11) is -4.37. The molecule has 2 atom stereocenters. The van der Waals surface area contributed by atoms with E-state index in [1.807, 2.05) is 11.6 Å². The number of amides is 1. The monoisotopic (exact) mass is 654 g/mol. The molecule has 1 fully saturated rings. The summed E-state index contributed by atoms with van der Waals surface area (Å²) < 4.78 is 84.6. The van der Waals surface area contributed by atoms with Gasteiger partial charge < -0.3 is 14.3 Å². The zero-order chi connectivity index (χ0) is 32.5. The van der Waals surface area contributed by atoms with Gasteiger partial charge in [-0.25, -0.2) is 27.6 Å². The summed E-state index contributed by atoms with van der Waals surface area (Å²) in [5.41, 5.74) is 0.622. The van der Waals surface area contributed by atoms with E-state index >= 15 is 0 Å². The number of aryl methyl sites for hydroxylation is 1. The summed E-state index contributed by atoms with van der Waals surface area (Å²) in [4.78, 5) is 30.5. The number of hydrogen-bond donors (Lipinski definition) is 1. The van der Waals surface area contributed by atoms with Gasteiger partial charge in [0.25, 0.3) is 22.2 Å². The number of nitrogens with one attached hydrogen (secondary N) is 1. The number of alkyl halides is 3. The van der Waals surface area contributed by atoms with Gasteiger partial charge in [-0.3, -0.25) is 4.79 Å². The second-order valence-corrected chi connectivity index (χ2v) is 11.7. The van der Waals surface area contributed by atoms with Gasteiger partial charge in [0.15, 0.2) is 5.69 Å². The van der Waals surface area contributed by atoms with Crippen molar-refractivity contribution in [1.82, 2.24) is 24.5 Å². The van der Waals surface area contributed by atoms with E-state index in [2.05, 4.69) is 9.84 Å². The van der Waals surface area contributed by atoms with Crippen molar-refractivity contribution in [2.75, 3.05) is 18.2 Å². The lowest BCUT2D eigenvalue weighted by atomic mass is 10.1. The minimum atomic E-state index is -4.70. The molecule has 0 saturated carbocycles. The van der Waals surface area contributed by atoms with Crippen molar-refractivity contribution >= 4 is 22.1 Å². The van der Waals surface area contributed by atoms with Crippen LogP contribution in [0.25, 0.3) is 16.9 Å². The largest absolute Gasteiger partial charge is 0.511 e. The van der Waals surface area contributed by atoms with E-state index in [1.165, 1.54) is 36.2 Å². The first-order valence-electron chi connectivity index (χ1n) is 13.7. The van der Waals surface area contributed by atoms with Crippen LogP contribution >= 0.6 is 0 Å². The Morgan fingerprint density at radius 2 is 1.82 bits per heavy atom. The molecule has 1 aliphatic rings. The van der Waals surface area contributed by atoms with Gasteiger partial charge in [0.1, 0.15) is 11.1 Å². The maximum Gasteiger partial charge on any atom is 0.511 e. The normalized spacial score (nSPS) is 16.0. The topological polar surface area (TPSA) is 152 Å². The number of rotatable bonds is 10.